The molecule has 0 aromatic carbocycles. The van der Waals surface area contributed by atoms with Crippen LogP contribution in [0.15, 0.2) is 0 Å². The molecule has 4 nitrogen and oxygen atoms in total. The lowest BCUT2D eigenvalue weighted by Crippen LogP contribution is -2.45. The summed E-state index contributed by atoms with van der Waals surface area (Å²) < 4.78 is 5.73. The van der Waals surface area contributed by atoms with Crippen LogP contribution < -0.4 is 5.73 Å². The lowest BCUT2D eigenvalue weighted by Gasteiger charge is -2.39. The van der Waals surface area contributed by atoms with Crippen molar-refractivity contribution in [3.63, 3.8) is 0 Å². The van der Waals surface area contributed by atoms with Gasteiger partial charge in [0.05, 0.1) is 18.8 Å². The molecule has 1 aliphatic carbocycles. The third-order valence-electron chi connectivity index (χ3n) is 3.76. The highest BCUT2D eigenvalue weighted by Gasteiger charge is 2.34. The maximum Gasteiger partial charge on any atom is 0.100 e. The normalized spacial score (nSPS) is 32.6. The fourth-order valence-electron chi connectivity index (χ4n) is 2.34. The largest absolute Gasteiger partial charge is 0.394 e. The lowest BCUT2D eigenvalue weighted by molar-refractivity contribution is -0.106. The highest BCUT2D eigenvalue weighted by atomic mass is 16.5. The molecule has 0 radical (unpaired) electrons. The van der Waals surface area contributed by atoms with Gasteiger partial charge in [-0.05, 0) is 31.6 Å². The van der Waals surface area contributed by atoms with Gasteiger partial charge in [0.2, 0.25) is 0 Å². The average Bonchev–Trinajstić information content (AvgIpc) is 2.36. The Balaban J connectivity index is 2.40. The molecule has 0 aliphatic heterocycles. The van der Waals surface area contributed by atoms with Gasteiger partial charge < -0.3 is 20.7 Å². The van der Waals surface area contributed by atoms with E-state index in [0.29, 0.717) is 6.54 Å². The topological polar surface area (TPSA) is 75.7 Å². The number of ether oxygens (including phenoxy) is 1. The fourth-order valence-corrected chi connectivity index (χ4v) is 2.34. The lowest BCUT2D eigenvalue weighted by atomic mass is 9.77. The van der Waals surface area contributed by atoms with Crippen LogP contribution in [0, 0.1) is 5.92 Å². The molecule has 0 heterocycles. The SMILES string of the molecule is CCC1CCC(CN)(OCC(O)CO)CC1. The van der Waals surface area contributed by atoms with Crippen LogP contribution in [0.3, 0.4) is 0 Å². The summed E-state index contributed by atoms with van der Waals surface area (Å²) in [5, 5.41) is 18.0. The van der Waals surface area contributed by atoms with E-state index in [1.807, 2.05) is 0 Å². The molecule has 0 bridgehead atoms. The van der Waals surface area contributed by atoms with E-state index in [1.54, 1.807) is 0 Å². The van der Waals surface area contributed by atoms with Crippen LogP contribution in [0.25, 0.3) is 0 Å². The molecule has 0 spiro atoms. The highest BCUT2D eigenvalue weighted by molar-refractivity contribution is 4.88. The third-order valence-corrected chi connectivity index (χ3v) is 3.76. The minimum atomic E-state index is -0.785. The maximum atomic E-state index is 9.28. The van der Waals surface area contributed by atoms with E-state index in [-0.39, 0.29) is 18.8 Å². The summed E-state index contributed by atoms with van der Waals surface area (Å²) >= 11 is 0. The van der Waals surface area contributed by atoms with E-state index < -0.39 is 6.10 Å². The van der Waals surface area contributed by atoms with Gasteiger partial charge in [-0.15, -0.1) is 0 Å². The van der Waals surface area contributed by atoms with Crippen LogP contribution in [-0.4, -0.2) is 41.7 Å². The molecule has 0 amide bonds. The Kier molecular flexibility index (Phi) is 5.69. The molecular weight excluding hydrogens is 206 g/mol. The summed E-state index contributed by atoms with van der Waals surface area (Å²) in [7, 11) is 0. The Bertz CT molecular complexity index is 191. The number of aliphatic hydroxyl groups is 2. The molecule has 1 saturated carbocycles. The van der Waals surface area contributed by atoms with Crippen LogP contribution in [0.4, 0.5) is 0 Å². The zero-order valence-electron chi connectivity index (χ0n) is 10.2. The smallest absolute Gasteiger partial charge is 0.100 e. The van der Waals surface area contributed by atoms with Crippen LogP contribution >= 0.6 is 0 Å². The summed E-state index contributed by atoms with van der Waals surface area (Å²) in [6, 6.07) is 0. The summed E-state index contributed by atoms with van der Waals surface area (Å²) in [6.07, 6.45) is 4.69. The van der Waals surface area contributed by atoms with Gasteiger partial charge in [0.15, 0.2) is 0 Å². The molecule has 1 aliphatic rings. The maximum absolute atomic E-state index is 9.28. The first-order valence-corrected chi connectivity index (χ1v) is 6.28. The number of nitrogens with two attached hydrogens (primary N) is 1. The molecule has 0 saturated heterocycles. The van der Waals surface area contributed by atoms with Crippen molar-refractivity contribution in [3.05, 3.63) is 0 Å². The van der Waals surface area contributed by atoms with Crippen molar-refractivity contribution in [3.8, 4) is 0 Å². The quantitative estimate of drug-likeness (QED) is 0.627. The van der Waals surface area contributed by atoms with E-state index in [2.05, 4.69) is 6.92 Å². The molecule has 16 heavy (non-hydrogen) atoms. The van der Waals surface area contributed by atoms with Gasteiger partial charge in [0, 0.05) is 6.54 Å². The number of aliphatic hydroxyl groups excluding tert-OH is 2. The third kappa shape index (κ3) is 3.70. The van der Waals surface area contributed by atoms with Crippen molar-refractivity contribution in [2.45, 2.75) is 50.7 Å². The molecular formula is C12H25NO3. The van der Waals surface area contributed by atoms with E-state index in [4.69, 9.17) is 15.6 Å². The molecule has 1 atom stereocenters. The van der Waals surface area contributed by atoms with Gasteiger partial charge in [-0.2, -0.15) is 0 Å². The van der Waals surface area contributed by atoms with Crippen molar-refractivity contribution in [2.75, 3.05) is 19.8 Å². The van der Waals surface area contributed by atoms with E-state index in [9.17, 15) is 5.11 Å². The first-order valence-electron chi connectivity index (χ1n) is 6.28. The van der Waals surface area contributed by atoms with Gasteiger partial charge in [-0.1, -0.05) is 13.3 Å². The van der Waals surface area contributed by atoms with Crippen LogP contribution in [0.5, 0.6) is 0 Å². The molecule has 4 heteroatoms. The van der Waals surface area contributed by atoms with Crippen LogP contribution in [-0.2, 0) is 4.74 Å². The van der Waals surface area contributed by atoms with Crippen molar-refractivity contribution in [1.82, 2.24) is 0 Å². The van der Waals surface area contributed by atoms with Crippen molar-refractivity contribution >= 4 is 0 Å². The van der Waals surface area contributed by atoms with Gasteiger partial charge in [-0.25, -0.2) is 0 Å². The first kappa shape index (κ1) is 13.9. The van der Waals surface area contributed by atoms with Gasteiger partial charge in [-0.3, -0.25) is 0 Å². The van der Waals surface area contributed by atoms with E-state index in [0.717, 1.165) is 31.6 Å². The van der Waals surface area contributed by atoms with E-state index >= 15 is 0 Å². The predicted molar refractivity (Wildman–Crippen MR) is 63.1 cm³/mol. The van der Waals surface area contributed by atoms with Crippen molar-refractivity contribution in [2.24, 2.45) is 11.7 Å². The fraction of sp³-hybridized carbons (Fsp3) is 1.00. The number of hydrogen-bond donors (Lipinski definition) is 3. The minimum absolute atomic E-state index is 0.185. The summed E-state index contributed by atoms with van der Waals surface area (Å²) in [5.74, 6) is 0.797. The van der Waals surface area contributed by atoms with Gasteiger partial charge in [0.25, 0.3) is 0 Å². The number of rotatable bonds is 6. The minimum Gasteiger partial charge on any atom is -0.394 e. The monoisotopic (exact) mass is 231 g/mol. The molecule has 1 rings (SSSR count). The highest BCUT2D eigenvalue weighted by Crippen LogP contribution is 2.35. The first-order chi connectivity index (χ1) is 7.65. The molecule has 1 fully saturated rings. The Hall–Kier alpha value is -0.160. The molecule has 1 unspecified atom stereocenters. The zero-order valence-corrected chi connectivity index (χ0v) is 10.2. The molecule has 4 N–H and O–H groups in total. The second-order valence-electron chi connectivity index (χ2n) is 4.89. The standard InChI is InChI=1S/C12H25NO3/c1-2-10-3-5-12(9-13,6-4-10)16-8-11(15)7-14/h10-11,14-15H,2-9,13H2,1H3. The predicted octanol–water partition coefficient (Wildman–Crippen LogP) is 0.654. The second-order valence-corrected chi connectivity index (χ2v) is 4.89. The Labute approximate surface area is 97.8 Å². The summed E-state index contributed by atoms with van der Waals surface area (Å²) in [5.41, 5.74) is 5.52. The second kappa shape index (κ2) is 6.55. The van der Waals surface area contributed by atoms with Gasteiger partial charge in [0.1, 0.15) is 6.10 Å². The molecule has 96 valence electrons. The van der Waals surface area contributed by atoms with Crippen LogP contribution in [0.2, 0.25) is 0 Å². The Morgan fingerprint density at radius 2 is 2.06 bits per heavy atom. The van der Waals surface area contributed by atoms with Crippen molar-refractivity contribution < 1.29 is 14.9 Å². The summed E-state index contributed by atoms with van der Waals surface area (Å²) in [6.45, 7) is 2.65. The van der Waals surface area contributed by atoms with Gasteiger partial charge >= 0.3 is 0 Å². The zero-order chi connectivity index (χ0) is 12.0. The van der Waals surface area contributed by atoms with E-state index in [1.165, 1.54) is 6.42 Å². The molecule has 0 aromatic rings. The summed E-state index contributed by atoms with van der Waals surface area (Å²) in [4.78, 5) is 0. The van der Waals surface area contributed by atoms with Crippen molar-refractivity contribution in [1.29, 1.82) is 0 Å². The Morgan fingerprint density at radius 3 is 2.50 bits per heavy atom. The van der Waals surface area contributed by atoms with Crippen LogP contribution in [0.1, 0.15) is 39.0 Å². The number of hydrogen-bond acceptors (Lipinski definition) is 4. The molecule has 0 aromatic heterocycles. The Morgan fingerprint density at radius 1 is 1.44 bits per heavy atom. The average molecular weight is 231 g/mol.